The van der Waals surface area contributed by atoms with Crippen molar-refractivity contribution in [2.45, 2.75) is 26.3 Å². The van der Waals surface area contributed by atoms with Crippen molar-refractivity contribution < 1.29 is 18.8 Å². The van der Waals surface area contributed by atoms with Gasteiger partial charge in [-0.3, -0.25) is 4.79 Å². The minimum Gasteiger partial charge on any atom is -0.481 e. The van der Waals surface area contributed by atoms with Gasteiger partial charge in [0, 0.05) is 19.6 Å². The lowest BCUT2D eigenvalue weighted by Gasteiger charge is -2.12. The van der Waals surface area contributed by atoms with E-state index in [0.717, 1.165) is 0 Å². The largest absolute Gasteiger partial charge is 0.481 e. The molecule has 0 saturated heterocycles. The Hall–Kier alpha value is -0.393. The Labute approximate surface area is 74.3 Å². The molecule has 1 N–H and O–H groups in total. The van der Waals surface area contributed by atoms with Crippen molar-refractivity contribution in [3.05, 3.63) is 0 Å². The Morgan fingerprint density at radius 3 is 2.17 bits per heavy atom. The molecule has 0 radical (unpaired) electrons. The van der Waals surface area contributed by atoms with Gasteiger partial charge in [0.15, 0.2) is 0 Å². The van der Waals surface area contributed by atoms with Crippen LogP contribution in [0.15, 0.2) is 0 Å². The fourth-order valence-electron chi connectivity index (χ4n) is 0.828. The van der Waals surface area contributed by atoms with Crippen LogP contribution in [0.25, 0.3) is 0 Å². The molecule has 0 atom stereocenters. The van der Waals surface area contributed by atoms with Crippen LogP contribution in [0, 0.1) is 0 Å². The fourth-order valence-corrected chi connectivity index (χ4v) is 2.48. The highest BCUT2D eigenvalue weighted by atomic mass is 28.3. The first-order chi connectivity index (χ1) is 5.70. The third-order valence-corrected chi connectivity index (χ3v) is 3.47. The molecule has 0 saturated carbocycles. The van der Waals surface area contributed by atoms with Crippen LogP contribution in [-0.2, 0) is 13.6 Å². The summed E-state index contributed by atoms with van der Waals surface area (Å²) in [7, 11) is -1.67. The molecule has 0 rings (SSSR count). The molecule has 12 heavy (non-hydrogen) atoms. The molecule has 0 aromatic rings. The molecule has 0 aliphatic rings. The maximum atomic E-state index is 10.2. The average molecular weight is 192 g/mol. The summed E-state index contributed by atoms with van der Waals surface area (Å²) in [6.07, 6.45) is 0.150. The van der Waals surface area contributed by atoms with Crippen molar-refractivity contribution in [2.24, 2.45) is 0 Å². The Balaban J connectivity index is 3.54. The molecule has 0 fully saturated rings. The van der Waals surface area contributed by atoms with Crippen LogP contribution in [0.2, 0.25) is 6.04 Å². The van der Waals surface area contributed by atoms with Crippen molar-refractivity contribution in [3.63, 3.8) is 0 Å². The molecule has 0 aliphatic heterocycles. The molecule has 0 aromatic heterocycles. The van der Waals surface area contributed by atoms with E-state index >= 15 is 0 Å². The number of carbonyl (C=O) groups is 1. The third kappa shape index (κ3) is 6.33. The Bertz CT molecular complexity index is 123. The van der Waals surface area contributed by atoms with Crippen LogP contribution < -0.4 is 0 Å². The molecule has 0 bridgehead atoms. The van der Waals surface area contributed by atoms with E-state index in [1.807, 2.05) is 13.8 Å². The highest BCUT2D eigenvalue weighted by molar-refractivity contribution is 6.44. The number of aliphatic carboxylic acids is 1. The van der Waals surface area contributed by atoms with Crippen LogP contribution in [0.4, 0.5) is 0 Å². The van der Waals surface area contributed by atoms with Gasteiger partial charge in [-0.15, -0.1) is 0 Å². The molecular weight excluding hydrogens is 176 g/mol. The smallest absolute Gasteiger partial charge is 0.321 e. The summed E-state index contributed by atoms with van der Waals surface area (Å²) in [5.74, 6) is -0.785. The number of hydrogen-bond acceptors (Lipinski definition) is 3. The maximum absolute atomic E-state index is 10.2. The van der Waals surface area contributed by atoms with Crippen molar-refractivity contribution in [2.75, 3.05) is 13.2 Å². The van der Waals surface area contributed by atoms with E-state index in [9.17, 15) is 4.79 Å². The summed E-state index contributed by atoms with van der Waals surface area (Å²) in [6, 6.07) is 0.553. The molecule has 5 heteroatoms. The molecule has 0 heterocycles. The molecule has 0 aromatic carbocycles. The minimum atomic E-state index is -1.67. The van der Waals surface area contributed by atoms with Crippen molar-refractivity contribution in [3.8, 4) is 0 Å². The Kier molecular flexibility index (Phi) is 7.03. The lowest BCUT2D eigenvalue weighted by molar-refractivity contribution is -0.136. The molecular formula is C7H16O4Si. The summed E-state index contributed by atoms with van der Waals surface area (Å²) in [6.45, 7) is 4.99. The normalized spacial score (nSPS) is 10.6. The lowest BCUT2D eigenvalue weighted by atomic mass is 10.5. The number of carboxylic acids is 1. The van der Waals surface area contributed by atoms with E-state index in [2.05, 4.69) is 0 Å². The highest BCUT2D eigenvalue weighted by Gasteiger charge is 2.13. The van der Waals surface area contributed by atoms with E-state index in [0.29, 0.717) is 19.3 Å². The lowest BCUT2D eigenvalue weighted by Crippen LogP contribution is -2.23. The van der Waals surface area contributed by atoms with Gasteiger partial charge < -0.3 is 14.0 Å². The molecule has 0 spiro atoms. The van der Waals surface area contributed by atoms with Crippen LogP contribution in [0.3, 0.4) is 0 Å². The van der Waals surface area contributed by atoms with Crippen molar-refractivity contribution in [1.82, 2.24) is 0 Å². The van der Waals surface area contributed by atoms with Crippen LogP contribution in [0.5, 0.6) is 0 Å². The monoisotopic (exact) mass is 192 g/mol. The van der Waals surface area contributed by atoms with Gasteiger partial charge in [0.05, 0.1) is 0 Å². The Morgan fingerprint density at radius 2 is 1.83 bits per heavy atom. The van der Waals surface area contributed by atoms with Gasteiger partial charge >= 0.3 is 15.3 Å². The minimum absolute atomic E-state index is 0.150. The van der Waals surface area contributed by atoms with E-state index in [4.69, 9.17) is 14.0 Å². The molecule has 0 unspecified atom stereocenters. The van der Waals surface area contributed by atoms with Crippen molar-refractivity contribution in [1.29, 1.82) is 0 Å². The van der Waals surface area contributed by atoms with Gasteiger partial charge in [-0.25, -0.2) is 0 Å². The SMILES string of the molecule is CCO[SiH](CCC(=O)O)OCC. The van der Waals surface area contributed by atoms with Gasteiger partial charge in [0.25, 0.3) is 0 Å². The summed E-state index contributed by atoms with van der Waals surface area (Å²) < 4.78 is 10.6. The first-order valence-electron chi connectivity index (χ1n) is 4.15. The topological polar surface area (TPSA) is 55.8 Å². The molecule has 4 nitrogen and oxygen atoms in total. The predicted octanol–water partition coefficient (Wildman–Crippen LogP) is 0.755. The zero-order valence-corrected chi connectivity index (χ0v) is 8.73. The average Bonchev–Trinajstić information content (AvgIpc) is 2.01. The summed E-state index contributed by atoms with van der Waals surface area (Å²) >= 11 is 0. The standard InChI is InChI=1S/C7H16O4Si/c1-3-10-12(11-4-2)6-5-7(8)9/h12H,3-6H2,1-2H3,(H,8,9). The second-order valence-electron chi connectivity index (χ2n) is 2.27. The van der Waals surface area contributed by atoms with Gasteiger partial charge in [0.1, 0.15) is 0 Å². The van der Waals surface area contributed by atoms with E-state index in [-0.39, 0.29) is 6.42 Å². The van der Waals surface area contributed by atoms with E-state index < -0.39 is 15.3 Å². The summed E-state index contributed by atoms with van der Waals surface area (Å²) in [5.41, 5.74) is 0. The second-order valence-corrected chi connectivity index (χ2v) is 4.38. The van der Waals surface area contributed by atoms with Crippen LogP contribution in [0.1, 0.15) is 20.3 Å². The summed E-state index contributed by atoms with van der Waals surface area (Å²) in [4.78, 5) is 10.2. The maximum Gasteiger partial charge on any atom is 0.321 e. The first-order valence-corrected chi connectivity index (χ1v) is 5.91. The highest BCUT2D eigenvalue weighted by Crippen LogP contribution is 2.01. The number of hydrogen-bond donors (Lipinski definition) is 1. The number of carboxylic acid groups (broad SMARTS) is 1. The first kappa shape index (κ1) is 11.6. The quantitative estimate of drug-likeness (QED) is 0.605. The fraction of sp³-hybridized carbons (Fsp3) is 0.857. The van der Waals surface area contributed by atoms with Crippen LogP contribution >= 0.6 is 0 Å². The summed E-state index contributed by atoms with van der Waals surface area (Å²) in [5, 5.41) is 8.41. The number of rotatable bonds is 7. The zero-order valence-electron chi connectivity index (χ0n) is 7.58. The molecule has 72 valence electrons. The molecule has 0 aliphatic carbocycles. The molecule has 0 amide bonds. The van der Waals surface area contributed by atoms with Gasteiger partial charge in [-0.05, 0) is 19.9 Å². The zero-order chi connectivity index (χ0) is 9.40. The predicted molar refractivity (Wildman–Crippen MR) is 47.5 cm³/mol. The van der Waals surface area contributed by atoms with E-state index in [1.165, 1.54) is 0 Å². The van der Waals surface area contributed by atoms with Gasteiger partial charge in [-0.2, -0.15) is 0 Å². The second kappa shape index (κ2) is 7.27. The van der Waals surface area contributed by atoms with Gasteiger partial charge in [-0.1, -0.05) is 0 Å². The van der Waals surface area contributed by atoms with Crippen LogP contribution in [-0.4, -0.2) is 33.6 Å². The van der Waals surface area contributed by atoms with Gasteiger partial charge in [0.2, 0.25) is 0 Å². The third-order valence-electron chi connectivity index (χ3n) is 1.30. The van der Waals surface area contributed by atoms with E-state index in [1.54, 1.807) is 0 Å². The Morgan fingerprint density at radius 1 is 1.33 bits per heavy atom. The van der Waals surface area contributed by atoms with Crippen molar-refractivity contribution >= 4 is 15.3 Å².